The molecule has 2 heterocycles. The summed E-state index contributed by atoms with van der Waals surface area (Å²) in [5.41, 5.74) is 0.912. The van der Waals surface area contributed by atoms with Crippen molar-refractivity contribution < 1.29 is 30.7 Å². The fraction of sp³-hybridized carbons (Fsp3) is 0.438. The normalized spacial score (nSPS) is 19.7. The van der Waals surface area contributed by atoms with E-state index in [0.717, 1.165) is 4.31 Å². The molecule has 3 rings (SSSR count). The molecule has 1 atom stereocenters. The number of aromatic nitrogens is 1. The second-order valence-corrected chi connectivity index (χ2v) is 7.89. The minimum Gasteiger partial charge on any atom is -0.441 e. The quantitative estimate of drug-likeness (QED) is 0.806. The van der Waals surface area contributed by atoms with E-state index in [9.17, 15) is 21.6 Å². The molecule has 1 saturated heterocycles. The zero-order valence-electron chi connectivity index (χ0n) is 14.1. The lowest BCUT2D eigenvalue weighted by molar-refractivity contribution is -0.231. The van der Waals surface area contributed by atoms with Gasteiger partial charge in [0.25, 0.3) is 0 Å². The molecule has 0 N–H and O–H groups in total. The van der Waals surface area contributed by atoms with Gasteiger partial charge in [-0.25, -0.2) is 13.4 Å². The summed E-state index contributed by atoms with van der Waals surface area (Å²) in [6, 6.07) is 4.65. The molecule has 0 radical (unpaired) electrons. The Kier molecular flexibility index (Phi) is 4.84. The maximum atomic E-state index is 12.9. The van der Waals surface area contributed by atoms with Crippen molar-refractivity contribution in [3.63, 3.8) is 0 Å². The van der Waals surface area contributed by atoms with Crippen LogP contribution in [0.1, 0.15) is 11.5 Å². The summed E-state index contributed by atoms with van der Waals surface area (Å²) in [7, 11) is -4.12. The molecule has 1 aliphatic heterocycles. The highest BCUT2D eigenvalue weighted by Gasteiger charge is 2.46. The first kappa shape index (κ1) is 18.9. The molecule has 26 heavy (non-hydrogen) atoms. The number of nitrogens with zero attached hydrogens (tertiary/aromatic N) is 2. The van der Waals surface area contributed by atoms with E-state index in [1.54, 1.807) is 26.0 Å². The molecule has 10 heteroatoms. The van der Waals surface area contributed by atoms with Crippen LogP contribution in [0.15, 0.2) is 33.7 Å². The SMILES string of the molecule is Cc1ncc(-c2ccc(C)c(S(=O)(=O)N3CCO[C@H](C(F)(F)F)C3)c2)o1. The van der Waals surface area contributed by atoms with Crippen LogP contribution >= 0.6 is 0 Å². The number of hydrogen-bond acceptors (Lipinski definition) is 5. The van der Waals surface area contributed by atoms with Gasteiger partial charge in [-0.05, 0) is 18.6 Å². The summed E-state index contributed by atoms with van der Waals surface area (Å²) >= 11 is 0. The lowest BCUT2D eigenvalue weighted by Gasteiger charge is -2.33. The molecular weight excluding hydrogens is 373 g/mol. The van der Waals surface area contributed by atoms with Crippen LogP contribution in [0.5, 0.6) is 0 Å². The third-order valence-electron chi connectivity index (χ3n) is 4.11. The van der Waals surface area contributed by atoms with Crippen molar-refractivity contribution in [2.75, 3.05) is 19.7 Å². The van der Waals surface area contributed by atoms with Gasteiger partial charge in [-0.15, -0.1) is 0 Å². The van der Waals surface area contributed by atoms with E-state index in [2.05, 4.69) is 9.72 Å². The number of halogens is 3. The van der Waals surface area contributed by atoms with Crippen molar-refractivity contribution in [3.05, 3.63) is 35.9 Å². The molecule has 0 spiro atoms. The molecule has 0 aliphatic carbocycles. The second kappa shape index (κ2) is 6.67. The number of sulfonamides is 1. The maximum absolute atomic E-state index is 12.9. The lowest BCUT2D eigenvalue weighted by Crippen LogP contribution is -2.51. The highest BCUT2D eigenvalue weighted by Crippen LogP contribution is 2.31. The van der Waals surface area contributed by atoms with Crippen molar-refractivity contribution in [1.29, 1.82) is 0 Å². The van der Waals surface area contributed by atoms with Gasteiger partial charge >= 0.3 is 6.18 Å². The third kappa shape index (κ3) is 3.62. The molecule has 1 aromatic heterocycles. The molecule has 1 aromatic carbocycles. The fourth-order valence-electron chi connectivity index (χ4n) is 2.71. The molecule has 0 saturated carbocycles. The van der Waals surface area contributed by atoms with Crippen LogP contribution in [0.2, 0.25) is 0 Å². The Morgan fingerprint density at radius 3 is 2.62 bits per heavy atom. The van der Waals surface area contributed by atoms with Crippen LogP contribution in [-0.2, 0) is 14.8 Å². The number of ether oxygens (including phenoxy) is 1. The van der Waals surface area contributed by atoms with Crippen LogP contribution in [0, 0.1) is 13.8 Å². The second-order valence-electron chi connectivity index (χ2n) is 5.99. The first-order valence-corrected chi connectivity index (χ1v) is 9.25. The molecule has 0 unspecified atom stereocenters. The first-order chi connectivity index (χ1) is 12.1. The summed E-state index contributed by atoms with van der Waals surface area (Å²) in [6.07, 6.45) is -5.29. The molecule has 0 amide bonds. The van der Waals surface area contributed by atoms with E-state index >= 15 is 0 Å². The number of alkyl halides is 3. The molecule has 0 bridgehead atoms. The highest BCUT2D eigenvalue weighted by atomic mass is 32.2. The van der Waals surface area contributed by atoms with E-state index in [1.807, 2.05) is 0 Å². The molecular formula is C16H17F3N2O4S. The average molecular weight is 390 g/mol. The lowest BCUT2D eigenvalue weighted by atomic mass is 10.1. The van der Waals surface area contributed by atoms with Crippen molar-refractivity contribution in [2.24, 2.45) is 0 Å². The van der Waals surface area contributed by atoms with Crippen molar-refractivity contribution >= 4 is 10.0 Å². The van der Waals surface area contributed by atoms with Gasteiger partial charge in [0.15, 0.2) is 17.8 Å². The van der Waals surface area contributed by atoms with Gasteiger partial charge in [0.05, 0.1) is 17.7 Å². The minimum absolute atomic E-state index is 0.0631. The minimum atomic E-state index is -4.62. The van der Waals surface area contributed by atoms with Gasteiger partial charge in [0.2, 0.25) is 10.0 Å². The number of oxazole rings is 1. The predicted octanol–water partition coefficient (Wildman–Crippen LogP) is 2.91. The maximum Gasteiger partial charge on any atom is 0.415 e. The van der Waals surface area contributed by atoms with Crippen LogP contribution in [0.3, 0.4) is 0 Å². The molecule has 142 valence electrons. The zero-order valence-corrected chi connectivity index (χ0v) is 14.9. The smallest absolute Gasteiger partial charge is 0.415 e. The summed E-state index contributed by atoms with van der Waals surface area (Å²) in [4.78, 5) is 3.90. The van der Waals surface area contributed by atoms with E-state index in [1.165, 1.54) is 12.3 Å². The topological polar surface area (TPSA) is 72.6 Å². The monoisotopic (exact) mass is 390 g/mol. The Labute approximate surface area is 148 Å². The summed E-state index contributed by atoms with van der Waals surface area (Å²) in [5.74, 6) is 0.806. The predicted molar refractivity (Wildman–Crippen MR) is 86.0 cm³/mol. The Balaban J connectivity index is 1.96. The van der Waals surface area contributed by atoms with Crippen LogP contribution in [0.4, 0.5) is 13.2 Å². The Hall–Kier alpha value is -1.91. The van der Waals surface area contributed by atoms with Crippen LogP contribution in [0.25, 0.3) is 11.3 Å². The zero-order chi connectivity index (χ0) is 19.1. The molecule has 1 aliphatic rings. The first-order valence-electron chi connectivity index (χ1n) is 7.81. The summed E-state index contributed by atoms with van der Waals surface area (Å²) in [6.45, 7) is 2.02. The molecule has 6 nitrogen and oxygen atoms in total. The third-order valence-corrected chi connectivity index (χ3v) is 6.11. The number of rotatable bonds is 3. The van der Waals surface area contributed by atoms with E-state index in [-0.39, 0.29) is 18.0 Å². The number of morpholine rings is 1. The number of aryl methyl sites for hydroxylation is 2. The summed E-state index contributed by atoms with van der Waals surface area (Å²) in [5, 5.41) is 0. The van der Waals surface area contributed by atoms with Crippen molar-refractivity contribution in [3.8, 4) is 11.3 Å². The van der Waals surface area contributed by atoms with Crippen LogP contribution < -0.4 is 0 Å². The van der Waals surface area contributed by atoms with E-state index < -0.39 is 28.8 Å². The number of benzene rings is 1. The van der Waals surface area contributed by atoms with Gasteiger partial charge in [0.1, 0.15) is 0 Å². The van der Waals surface area contributed by atoms with Gasteiger partial charge in [-0.1, -0.05) is 12.1 Å². The summed E-state index contributed by atoms with van der Waals surface area (Å²) < 4.78 is 75.5. The average Bonchev–Trinajstić information content (AvgIpc) is 3.01. The Morgan fingerprint density at radius 2 is 2.00 bits per heavy atom. The van der Waals surface area contributed by atoms with Crippen molar-refractivity contribution in [1.82, 2.24) is 9.29 Å². The van der Waals surface area contributed by atoms with E-state index in [4.69, 9.17) is 4.42 Å². The highest BCUT2D eigenvalue weighted by molar-refractivity contribution is 7.89. The standard InChI is InChI=1S/C16H17F3N2O4S/c1-10-3-4-12(13-8-20-11(2)25-13)7-14(10)26(22,23)21-5-6-24-15(9-21)16(17,18)19/h3-4,7-8,15H,5-6,9H2,1-2H3/t15-/m0/s1. The number of hydrogen-bond donors (Lipinski definition) is 0. The van der Waals surface area contributed by atoms with E-state index in [0.29, 0.717) is 22.8 Å². The van der Waals surface area contributed by atoms with Gasteiger partial charge in [-0.2, -0.15) is 17.5 Å². The largest absolute Gasteiger partial charge is 0.441 e. The van der Waals surface area contributed by atoms with Gasteiger partial charge in [-0.3, -0.25) is 0 Å². The van der Waals surface area contributed by atoms with Gasteiger partial charge in [0, 0.05) is 25.6 Å². The molecule has 1 fully saturated rings. The van der Waals surface area contributed by atoms with Crippen LogP contribution in [-0.4, -0.2) is 49.7 Å². The van der Waals surface area contributed by atoms with Crippen molar-refractivity contribution in [2.45, 2.75) is 31.0 Å². The Bertz CT molecular complexity index is 908. The van der Waals surface area contributed by atoms with Gasteiger partial charge < -0.3 is 9.15 Å². The fourth-order valence-corrected chi connectivity index (χ4v) is 4.38. The Morgan fingerprint density at radius 1 is 1.27 bits per heavy atom. The molecule has 2 aromatic rings.